The monoisotopic (exact) mass is 316 g/mol. The highest BCUT2D eigenvalue weighted by Gasteiger charge is 2.20. The fourth-order valence-corrected chi connectivity index (χ4v) is 1.30. The molecule has 0 aromatic rings. The van der Waals surface area contributed by atoms with Crippen LogP contribution in [0, 0.1) is 0 Å². The van der Waals surface area contributed by atoms with E-state index in [1.165, 1.54) is 13.8 Å². The summed E-state index contributed by atoms with van der Waals surface area (Å²) < 4.78 is 9.76. The normalized spacial score (nSPS) is 12.0. The van der Waals surface area contributed by atoms with Crippen LogP contribution in [0.3, 0.4) is 0 Å². The van der Waals surface area contributed by atoms with Gasteiger partial charge in [0.05, 0.1) is 6.54 Å². The molecule has 126 valence electrons. The highest BCUT2D eigenvalue weighted by Crippen LogP contribution is 2.06. The average Bonchev–Trinajstić information content (AvgIpc) is 2.30. The molecule has 0 fully saturated rings. The molecule has 0 heterocycles. The van der Waals surface area contributed by atoms with Gasteiger partial charge in [-0.3, -0.25) is 14.4 Å². The molecule has 0 spiro atoms. The maximum atomic E-state index is 11.7. The van der Waals surface area contributed by atoms with E-state index in [9.17, 15) is 19.2 Å². The van der Waals surface area contributed by atoms with Crippen molar-refractivity contribution in [3.63, 3.8) is 0 Å². The first-order chi connectivity index (χ1) is 10.0. The second-order valence-electron chi connectivity index (χ2n) is 5.76. The van der Waals surface area contributed by atoms with Crippen molar-refractivity contribution >= 4 is 23.8 Å². The van der Waals surface area contributed by atoms with Crippen LogP contribution in [0.25, 0.3) is 0 Å². The lowest BCUT2D eigenvalue weighted by molar-refractivity contribution is -0.146. The number of amides is 2. The zero-order chi connectivity index (χ0) is 17.3. The first-order valence-corrected chi connectivity index (χ1v) is 6.93. The zero-order valence-corrected chi connectivity index (χ0v) is 13.6. The molecule has 0 aliphatic heterocycles. The summed E-state index contributed by atoms with van der Waals surface area (Å²) in [4.78, 5) is 44.9. The van der Waals surface area contributed by atoms with Crippen molar-refractivity contribution < 1.29 is 28.7 Å². The van der Waals surface area contributed by atoms with E-state index < -0.39 is 29.6 Å². The second-order valence-corrected chi connectivity index (χ2v) is 5.76. The molecule has 0 rings (SSSR count). The van der Waals surface area contributed by atoms with Crippen LogP contribution < -0.4 is 10.6 Å². The number of nitrogens with one attached hydrogen (secondary N) is 2. The highest BCUT2D eigenvalue weighted by molar-refractivity contribution is 5.94. The van der Waals surface area contributed by atoms with Crippen molar-refractivity contribution in [2.45, 2.75) is 52.7 Å². The molecule has 0 aliphatic rings. The molecular weight excluding hydrogens is 292 g/mol. The van der Waals surface area contributed by atoms with E-state index >= 15 is 0 Å². The van der Waals surface area contributed by atoms with E-state index in [1.807, 2.05) is 0 Å². The summed E-state index contributed by atoms with van der Waals surface area (Å²) in [5, 5.41) is 4.87. The maximum Gasteiger partial charge on any atom is 0.408 e. The number of Topliss-reactive ketones (excluding diaryl/α,β-unsaturated/α-hetero) is 1. The van der Waals surface area contributed by atoms with Gasteiger partial charge in [0.2, 0.25) is 5.91 Å². The van der Waals surface area contributed by atoms with Crippen LogP contribution in [0.1, 0.15) is 41.0 Å². The van der Waals surface area contributed by atoms with E-state index in [-0.39, 0.29) is 25.4 Å². The SMILES string of the molecule is CC(=O)CC(=O)OCCNC(=O)C(C)NC(=O)OC(C)(C)C. The third-order valence-electron chi connectivity index (χ3n) is 2.18. The number of hydrogen-bond acceptors (Lipinski definition) is 6. The van der Waals surface area contributed by atoms with Gasteiger partial charge in [0.1, 0.15) is 30.5 Å². The van der Waals surface area contributed by atoms with Gasteiger partial charge in [0, 0.05) is 0 Å². The van der Waals surface area contributed by atoms with Crippen molar-refractivity contribution in [2.75, 3.05) is 13.2 Å². The van der Waals surface area contributed by atoms with Crippen LogP contribution in [-0.4, -0.2) is 48.5 Å². The van der Waals surface area contributed by atoms with Crippen LogP contribution >= 0.6 is 0 Å². The Morgan fingerprint density at radius 2 is 1.73 bits per heavy atom. The summed E-state index contributed by atoms with van der Waals surface area (Å²) in [7, 11) is 0. The highest BCUT2D eigenvalue weighted by atomic mass is 16.6. The third kappa shape index (κ3) is 10.6. The van der Waals surface area contributed by atoms with Crippen LogP contribution in [0.15, 0.2) is 0 Å². The summed E-state index contributed by atoms with van der Waals surface area (Å²) >= 11 is 0. The van der Waals surface area contributed by atoms with Crippen LogP contribution in [0.5, 0.6) is 0 Å². The van der Waals surface area contributed by atoms with Crippen LogP contribution in [0.2, 0.25) is 0 Å². The third-order valence-corrected chi connectivity index (χ3v) is 2.18. The molecular formula is C14H24N2O6. The number of carbonyl (C=O) groups is 4. The number of hydrogen-bond donors (Lipinski definition) is 2. The minimum absolute atomic E-state index is 0.0446. The van der Waals surface area contributed by atoms with Gasteiger partial charge in [-0.25, -0.2) is 4.79 Å². The first kappa shape index (κ1) is 19.9. The minimum Gasteiger partial charge on any atom is -0.463 e. The number of alkyl carbamates (subject to hydrolysis) is 1. The standard InChI is InChI=1S/C14H24N2O6/c1-9(17)8-11(18)21-7-6-15-12(19)10(2)16-13(20)22-14(3,4)5/h10H,6-8H2,1-5H3,(H,15,19)(H,16,20). The number of ether oxygens (including phenoxy) is 2. The molecule has 22 heavy (non-hydrogen) atoms. The lowest BCUT2D eigenvalue weighted by atomic mass is 10.2. The lowest BCUT2D eigenvalue weighted by Gasteiger charge is -2.21. The summed E-state index contributed by atoms with van der Waals surface area (Å²) in [6, 6.07) is -0.789. The number of rotatable bonds is 7. The van der Waals surface area contributed by atoms with Gasteiger partial charge in [-0.1, -0.05) is 0 Å². The molecule has 2 N–H and O–H groups in total. The summed E-state index contributed by atoms with van der Waals surface area (Å²) in [5.74, 6) is -1.36. The van der Waals surface area contributed by atoms with Gasteiger partial charge in [0.15, 0.2) is 0 Å². The van der Waals surface area contributed by atoms with Gasteiger partial charge >= 0.3 is 12.1 Å². The number of ketones is 1. The van der Waals surface area contributed by atoms with Gasteiger partial charge in [0.25, 0.3) is 0 Å². The molecule has 0 saturated heterocycles. The molecule has 0 aliphatic carbocycles. The van der Waals surface area contributed by atoms with Crippen molar-refractivity contribution in [3.05, 3.63) is 0 Å². The topological polar surface area (TPSA) is 111 Å². The van der Waals surface area contributed by atoms with E-state index in [0.29, 0.717) is 0 Å². The van der Waals surface area contributed by atoms with Crippen LogP contribution in [-0.2, 0) is 23.9 Å². The quantitative estimate of drug-likeness (QED) is 0.403. The van der Waals surface area contributed by atoms with Crippen molar-refractivity contribution in [1.82, 2.24) is 10.6 Å². The Morgan fingerprint density at radius 1 is 1.14 bits per heavy atom. The second kappa shape index (κ2) is 9.01. The number of esters is 1. The molecule has 1 atom stereocenters. The smallest absolute Gasteiger partial charge is 0.408 e. The van der Waals surface area contributed by atoms with Crippen molar-refractivity contribution in [2.24, 2.45) is 0 Å². The molecule has 0 aromatic heterocycles. The largest absolute Gasteiger partial charge is 0.463 e. The predicted molar refractivity (Wildman–Crippen MR) is 78.1 cm³/mol. The van der Waals surface area contributed by atoms with Gasteiger partial charge in [-0.05, 0) is 34.6 Å². The number of carbonyl (C=O) groups excluding carboxylic acids is 4. The minimum atomic E-state index is -0.789. The summed E-state index contributed by atoms with van der Waals surface area (Å²) in [6.45, 7) is 7.97. The van der Waals surface area contributed by atoms with E-state index in [0.717, 1.165) is 0 Å². The predicted octanol–water partition coefficient (Wildman–Crippen LogP) is 0.538. The Bertz CT molecular complexity index is 428. The van der Waals surface area contributed by atoms with Crippen molar-refractivity contribution in [1.29, 1.82) is 0 Å². The summed E-state index contributed by atoms with van der Waals surface area (Å²) in [6.07, 6.45) is -0.979. The average molecular weight is 316 g/mol. The fourth-order valence-electron chi connectivity index (χ4n) is 1.30. The zero-order valence-electron chi connectivity index (χ0n) is 13.6. The Morgan fingerprint density at radius 3 is 2.23 bits per heavy atom. The molecule has 0 aromatic carbocycles. The van der Waals surface area contributed by atoms with Gasteiger partial charge in [-0.15, -0.1) is 0 Å². The lowest BCUT2D eigenvalue weighted by Crippen LogP contribution is -2.47. The fraction of sp³-hybridized carbons (Fsp3) is 0.714. The van der Waals surface area contributed by atoms with Gasteiger partial charge in [-0.2, -0.15) is 0 Å². The molecule has 0 bridgehead atoms. The van der Waals surface area contributed by atoms with Gasteiger partial charge < -0.3 is 20.1 Å². The summed E-state index contributed by atoms with van der Waals surface area (Å²) in [5.41, 5.74) is -0.648. The van der Waals surface area contributed by atoms with E-state index in [4.69, 9.17) is 9.47 Å². The maximum absolute atomic E-state index is 11.7. The van der Waals surface area contributed by atoms with E-state index in [2.05, 4.69) is 10.6 Å². The Hall–Kier alpha value is -2.12. The Balaban J connectivity index is 3.94. The molecule has 1 unspecified atom stereocenters. The molecule has 8 heteroatoms. The molecule has 0 radical (unpaired) electrons. The Kier molecular flexibility index (Phi) is 8.14. The van der Waals surface area contributed by atoms with Crippen LogP contribution in [0.4, 0.5) is 4.79 Å². The molecule has 2 amide bonds. The molecule has 8 nitrogen and oxygen atoms in total. The van der Waals surface area contributed by atoms with E-state index in [1.54, 1.807) is 20.8 Å². The Labute approximate surface area is 129 Å². The first-order valence-electron chi connectivity index (χ1n) is 6.93. The van der Waals surface area contributed by atoms with Crippen molar-refractivity contribution in [3.8, 4) is 0 Å². The molecule has 0 saturated carbocycles.